The molecule has 12 heavy (non-hydrogen) atoms. The number of phenols is 1. The fraction of sp³-hybridized carbons (Fsp3) is 0.111. The van der Waals surface area contributed by atoms with Crippen molar-refractivity contribution in [2.75, 3.05) is 6.61 Å². The highest BCUT2D eigenvalue weighted by molar-refractivity contribution is 5.38. The summed E-state index contributed by atoms with van der Waals surface area (Å²) in [5.74, 6) is -0.375. The molecule has 2 nitrogen and oxygen atoms in total. The molecule has 64 valence electrons. The predicted molar refractivity (Wildman–Crippen MR) is 43.8 cm³/mol. The second-order valence-corrected chi connectivity index (χ2v) is 2.21. The van der Waals surface area contributed by atoms with Crippen LogP contribution in [0.2, 0.25) is 0 Å². The number of rotatable bonds is 3. The Labute approximate surface area is 69.9 Å². The maximum atomic E-state index is 12.6. The van der Waals surface area contributed by atoms with Gasteiger partial charge in [-0.15, -0.1) is 0 Å². The van der Waals surface area contributed by atoms with Crippen LogP contribution in [0.25, 0.3) is 0 Å². The van der Waals surface area contributed by atoms with Crippen molar-refractivity contribution in [3.8, 4) is 11.5 Å². The number of hydrogen-bond donors (Lipinski definition) is 1. The summed E-state index contributed by atoms with van der Waals surface area (Å²) in [6.07, 6.45) is 1.52. The minimum Gasteiger partial charge on any atom is -0.504 e. The predicted octanol–water partition coefficient (Wildman–Crippen LogP) is 2.10. The molecule has 0 heterocycles. The lowest BCUT2D eigenvalue weighted by molar-refractivity contribution is 0.334. The Bertz CT molecular complexity index is 284. The van der Waals surface area contributed by atoms with Gasteiger partial charge in [0.05, 0.1) is 0 Å². The Kier molecular flexibility index (Phi) is 2.69. The third kappa shape index (κ3) is 1.99. The third-order valence-electron chi connectivity index (χ3n) is 1.28. The van der Waals surface area contributed by atoms with Crippen molar-refractivity contribution >= 4 is 0 Å². The number of hydrogen-bond acceptors (Lipinski definition) is 2. The molecule has 1 aromatic carbocycles. The molecule has 0 atom stereocenters. The fourth-order valence-corrected chi connectivity index (χ4v) is 0.752. The molecule has 0 amide bonds. The Balaban J connectivity index is 2.82. The lowest BCUT2D eigenvalue weighted by atomic mass is 10.3. The molecule has 1 aromatic rings. The molecule has 1 N–H and O–H groups in total. The number of phenolic OH excluding ortho intramolecular Hbond substituents is 1. The maximum absolute atomic E-state index is 12.6. The first-order valence-corrected chi connectivity index (χ1v) is 3.46. The maximum Gasteiger partial charge on any atom is 0.164 e. The van der Waals surface area contributed by atoms with Crippen LogP contribution < -0.4 is 4.74 Å². The van der Waals surface area contributed by atoms with Crippen LogP contribution in [0.3, 0.4) is 0 Å². The van der Waals surface area contributed by atoms with Crippen LogP contribution >= 0.6 is 0 Å². The van der Waals surface area contributed by atoms with Gasteiger partial charge in [0.1, 0.15) is 12.4 Å². The van der Waals surface area contributed by atoms with Crippen molar-refractivity contribution in [3.05, 3.63) is 36.7 Å². The number of aromatic hydroxyl groups is 1. The first kappa shape index (κ1) is 8.59. The fourth-order valence-electron chi connectivity index (χ4n) is 0.752. The molecule has 0 aliphatic rings. The van der Waals surface area contributed by atoms with Crippen LogP contribution in [0.5, 0.6) is 11.5 Å². The molecule has 1 rings (SSSR count). The van der Waals surface area contributed by atoms with Crippen LogP contribution in [0.4, 0.5) is 4.39 Å². The quantitative estimate of drug-likeness (QED) is 0.700. The molecule has 0 saturated carbocycles. The van der Waals surface area contributed by atoms with Gasteiger partial charge in [-0.3, -0.25) is 0 Å². The Morgan fingerprint density at radius 1 is 1.58 bits per heavy atom. The molecule has 0 bridgehead atoms. The van der Waals surface area contributed by atoms with Crippen molar-refractivity contribution in [1.29, 1.82) is 0 Å². The van der Waals surface area contributed by atoms with Crippen molar-refractivity contribution < 1.29 is 14.2 Å². The molecular formula is C9H9FO2. The van der Waals surface area contributed by atoms with E-state index in [9.17, 15) is 4.39 Å². The number of ether oxygens (including phenoxy) is 1. The lowest BCUT2D eigenvalue weighted by Crippen LogP contribution is -1.93. The van der Waals surface area contributed by atoms with Gasteiger partial charge in [0, 0.05) is 6.07 Å². The molecule has 0 spiro atoms. The molecule has 0 aromatic heterocycles. The average molecular weight is 168 g/mol. The molecule has 3 heteroatoms. The van der Waals surface area contributed by atoms with Crippen LogP contribution in [0, 0.1) is 5.82 Å². The van der Waals surface area contributed by atoms with Crippen molar-refractivity contribution in [3.63, 3.8) is 0 Å². The SMILES string of the molecule is C=CCOc1cc(F)ccc1O. The van der Waals surface area contributed by atoms with Gasteiger partial charge < -0.3 is 9.84 Å². The summed E-state index contributed by atoms with van der Waals surface area (Å²) in [4.78, 5) is 0. The van der Waals surface area contributed by atoms with Gasteiger partial charge in [0.25, 0.3) is 0 Å². The lowest BCUT2D eigenvalue weighted by Gasteiger charge is -2.04. The second kappa shape index (κ2) is 3.76. The first-order valence-electron chi connectivity index (χ1n) is 3.46. The normalized spacial score (nSPS) is 9.42. The van der Waals surface area contributed by atoms with Crippen LogP contribution in [0.15, 0.2) is 30.9 Å². The van der Waals surface area contributed by atoms with E-state index in [1.165, 1.54) is 12.1 Å². The second-order valence-electron chi connectivity index (χ2n) is 2.21. The molecule has 0 radical (unpaired) electrons. The largest absolute Gasteiger partial charge is 0.504 e. The zero-order valence-electron chi connectivity index (χ0n) is 6.46. The smallest absolute Gasteiger partial charge is 0.164 e. The van der Waals surface area contributed by atoms with Crippen LogP contribution in [-0.4, -0.2) is 11.7 Å². The summed E-state index contributed by atoms with van der Waals surface area (Å²) >= 11 is 0. The highest BCUT2D eigenvalue weighted by Gasteiger charge is 2.01. The van der Waals surface area contributed by atoms with Crippen LogP contribution in [0.1, 0.15) is 0 Å². The number of benzene rings is 1. The van der Waals surface area contributed by atoms with Gasteiger partial charge in [-0.2, -0.15) is 0 Å². The zero-order chi connectivity index (χ0) is 8.97. The third-order valence-corrected chi connectivity index (χ3v) is 1.28. The monoisotopic (exact) mass is 168 g/mol. The van der Waals surface area contributed by atoms with E-state index in [2.05, 4.69) is 6.58 Å². The van der Waals surface area contributed by atoms with Crippen molar-refractivity contribution in [2.24, 2.45) is 0 Å². The van der Waals surface area contributed by atoms with Gasteiger partial charge in [-0.1, -0.05) is 12.7 Å². The summed E-state index contributed by atoms with van der Waals surface area (Å²) in [5, 5.41) is 9.14. The number of halogens is 1. The standard InChI is InChI=1S/C9H9FO2/c1-2-5-12-9-6-7(10)3-4-8(9)11/h2-4,6,11H,1,5H2. The molecule has 0 fully saturated rings. The topological polar surface area (TPSA) is 29.5 Å². The van der Waals surface area contributed by atoms with E-state index < -0.39 is 5.82 Å². The Morgan fingerprint density at radius 3 is 3.00 bits per heavy atom. The first-order chi connectivity index (χ1) is 5.74. The van der Waals surface area contributed by atoms with Crippen molar-refractivity contribution in [1.82, 2.24) is 0 Å². The van der Waals surface area contributed by atoms with E-state index in [1.807, 2.05) is 0 Å². The van der Waals surface area contributed by atoms with E-state index in [0.29, 0.717) is 0 Å². The zero-order valence-corrected chi connectivity index (χ0v) is 6.46. The minimum absolute atomic E-state index is 0.0711. The van der Waals surface area contributed by atoms with Crippen LogP contribution in [-0.2, 0) is 0 Å². The van der Waals surface area contributed by atoms with E-state index in [4.69, 9.17) is 9.84 Å². The van der Waals surface area contributed by atoms with Gasteiger partial charge in [0.2, 0.25) is 0 Å². The van der Waals surface area contributed by atoms with Gasteiger partial charge in [-0.05, 0) is 12.1 Å². The molecule has 0 saturated heterocycles. The van der Waals surface area contributed by atoms with E-state index in [-0.39, 0.29) is 18.1 Å². The highest BCUT2D eigenvalue weighted by Crippen LogP contribution is 2.25. The van der Waals surface area contributed by atoms with E-state index >= 15 is 0 Å². The summed E-state index contributed by atoms with van der Waals surface area (Å²) in [7, 11) is 0. The summed E-state index contributed by atoms with van der Waals surface area (Å²) in [6.45, 7) is 3.67. The Morgan fingerprint density at radius 2 is 2.33 bits per heavy atom. The minimum atomic E-state index is -0.438. The summed E-state index contributed by atoms with van der Waals surface area (Å²) in [6, 6.07) is 3.53. The van der Waals surface area contributed by atoms with Gasteiger partial charge in [0.15, 0.2) is 11.5 Å². The summed E-state index contributed by atoms with van der Waals surface area (Å²) < 4.78 is 17.5. The molecule has 0 unspecified atom stereocenters. The van der Waals surface area contributed by atoms with E-state index in [1.54, 1.807) is 0 Å². The Hall–Kier alpha value is -1.51. The molecule has 0 aliphatic heterocycles. The van der Waals surface area contributed by atoms with Gasteiger partial charge >= 0.3 is 0 Å². The van der Waals surface area contributed by atoms with E-state index in [0.717, 1.165) is 12.1 Å². The molecule has 0 aliphatic carbocycles. The summed E-state index contributed by atoms with van der Waals surface area (Å²) in [5.41, 5.74) is 0. The molecular weight excluding hydrogens is 159 g/mol. The highest BCUT2D eigenvalue weighted by atomic mass is 19.1. The van der Waals surface area contributed by atoms with Crippen molar-refractivity contribution in [2.45, 2.75) is 0 Å². The van der Waals surface area contributed by atoms with Gasteiger partial charge in [-0.25, -0.2) is 4.39 Å². The average Bonchev–Trinajstić information content (AvgIpc) is 2.07.